The molecule has 0 saturated heterocycles. The van der Waals surface area contributed by atoms with Crippen molar-refractivity contribution < 1.29 is 9.53 Å². The number of hydrogen-bond acceptors (Lipinski definition) is 3. The van der Waals surface area contributed by atoms with Crippen LogP contribution in [0.3, 0.4) is 0 Å². The summed E-state index contributed by atoms with van der Waals surface area (Å²) in [6.07, 6.45) is 2.40. The van der Waals surface area contributed by atoms with Gasteiger partial charge in [0.05, 0.1) is 24.1 Å². The van der Waals surface area contributed by atoms with E-state index in [-0.39, 0.29) is 5.91 Å². The van der Waals surface area contributed by atoms with Crippen LogP contribution in [0.25, 0.3) is 11.0 Å². The predicted molar refractivity (Wildman–Crippen MR) is 108 cm³/mol. The van der Waals surface area contributed by atoms with Crippen molar-refractivity contribution in [3.8, 4) is 5.75 Å². The molecule has 0 fully saturated rings. The lowest BCUT2D eigenvalue weighted by molar-refractivity contribution is -0.121. The number of imidazole rings is 1. The summed E-state index contributed by atoms with van der Waals surface area (Å²) in [6.45, 7) is 5.79. The summed E-state index contributed by atoms with van der Waals surface area (Å²) < 4.78 is 8.04. The first-order valence-corrected chi connectivity index (χ1v) is 9.63. The SMILES string of the molecule is CCCC(=O)NCc1nc2ccccc2n1CCOc1ccc(CC)cc1. The molecule has 2 aromatic carbocycles. The van der Waals surface area contributed by atoms with Crippen LogP contribution in [0.2, 0.25) is 0 Å². The average Bonchev–Trinajstić information content (AvgIpc) is 3.05. The van der Waals surface area contributed by atoms with Crippen LogP contribution in [-0.2, 0) is 24.3 Å². The number of amides is 1. The maximum Gasteiger partial charge on any atom is 0.220 e. The molecule has 3 rings (SSSR count). The molecule has 1 heterocycles. The summed E-state index contributed by atoms with van der Waals surface area (Å²) in [5.74, 6) is 1.78. The molecule has 1 amide bonds. The molecule has 0 aliphatic rings. The number of carbonyl (C=O) groups excluding carboxylic acids is 1. The summed E-state index contributed by atoms with van der Waals surface area (Å²) in [5.41, 5.74) is 3.29. The van der Waals surface area contributed by atoms with E-state index in [1.807, 2.05) is 37.3 Å². The largest absolute Gasteiger partial charge is 0.492 e. The van der Waals surface area contributed by atoms with Gasteiger partial charge in [-0.05, 0) is 42.7 Å². The molecule has 27 heavy (non-hydrogen) atoms. The fourth-order valence-electron chi connectivity index (χ4n) is 3.08. The van der Waals surface area contributed by atoms with Gasteiger partial charge in [0, 0.05) is 6.42 Å². The van der Waals surface area contributed by atoms with Gasteiger partial charge in [-0.25, -0.2) is 4.98 Å². The van der Waals surface area contributed by atoms with Crippen LogP contribution in [0.1, 0.15) is 38.1 Å². The summed E-state index contributed by atoms with van der Waals surface area (Å²) in [6, 6.07) is 16.2. The van der Waals surface area contributed by atoms with E-state index in [4.69, 9.17) is 4.74 Å². The zero-order chi connectivity index (χ0) is 19.1. The molecule has 0 atom stereocenters. The van der Waals surface area contributed by atoms with E-state index in [9.17, 15) is 4.79 Å². The van der Waals surface area contributed by atoms with Crippen molar-refractivity contribution in [1.29, 1.82) is 0 Å². The van der Waals surface area contributed by atoms with Crippen molar-refractivity contribution >= 4 is 16.9 Å². The first-order chi connectivity index (χ1) is 13.2. The van der Waals surface area contributed by atoms with Gasteiger partial charge in [-0.2, -0.15) is 0 Å². The molecular formula is C22H27N3O2. The fraction of sp³-hybridized carbons (Fsp3) is 0.364. The smallest absolute Gasteiger partial charge is 0.220 e. The standard InChI is InChI=1S/C22H27N3O2/c1-3-7-22(26)23-16-21-24-19-8-5-6-9-20(19)25(21)14-15-27-18-12-10-17(4-2)11-13-18/h5-6,8-13H,3-4,7,14-16H2,1-2H3,(H,23,26). The van der Waals surface area contributed by atoms with Gasteiger partial charge in [0.1, 0.15) is 18.2 Å². The van der Waals surface area contributed by atoms with Gasteiger partial charge in [0.25, 0.3) is 0 Å². The Bertz CT molecular complexity index is 884. The van der Waals surface area contributed by atoms with Crippen molar-refractivity contribution in [3.05, 3.63) is 59.9 Å². The molecule has 0 aliphatic heterocycles. The van der Waals surface area contributed by atoms with E-state index in [1.54, 1.807) is 0 Å². The Balaban J connectivity index is 1.69. The summed E-state index contributed by atoms with van der Waals surface area (Å²) in [5, 5.41) is 2.96. The second kappa shape index (κ2) is 9.21. The number of aromatic nitrogens is 2. The van der Waals surface area contributed by atoms with Crippen molar-refractivity contribution in [2.45, 2.75) is 46.2 Å². The minimum absolute atomic E-state index is 0.0587. The maximum atomic E-state index is 11.8. The Morgan fingerprint density at radius 2 is 1.89 bits per heavy atom. The number of carbonyl (C=O) groups is 1. The highest BCUT2D eigenvalue weighted by Crippen LogP contribution is 2.17. The van der Waals surface area contributed by atoms with E-state index in [1.165, 1.54) is 5.56 Å². The predicted octanol–water partition coefficient (Wildman–Crippen LogP) is 4.09. The minimum atomic E-state index is 0.0587. The van der Waals surface area contributed by atoms with Crippen LogP contribution in [0.4, 0.5) is 0 Å². The van der Waals surface area contributed by atoms with Crippen molar-refractivity contribution in [1.82, 2.24) is 14.9 Å². The van der Waals surface area contributed by atoms with Crippen molar-refractivity contribution in [2.75, 3.05) is 6.61 Å². The number of rotatable bonds is 9. The lowest BCUT2D eigenvalue weighted by Gasteiger charge is -2.12. The maximum absolute atomic E-state index is 11.8. The van der Waals surface area contributed by atoms with E-state index in [2.05, 4.69) is 40.0 Å². The minimum Gasteiger partial charge on any atom is -0.492 e. The topological polar surface area (TPSA) is 56.2 Å². The van der Waals surface area contributed by atoms with Crippen LogP contribution in [0.15, 0.2) is 48.5 Å². The normalized spacial score (nSPS) is 10.9. The Morgan fingerprint density at radius 3 is 2.63 bits per heavy atom. The molecule has 1 N–H and O–H groups in total. The van der Waals surface area contributed by atoms with Gasteiger partial charge in [-0.3, -0.25) is 4.79 Å². The third kappa shape index (κ3) is 4.88. The van der Waals surface area contributed by atoms with Gasteiger partial charge >= 0.3 is 0 Å². The third-order valence-electron chi connectivity index (χ3n) is 4.57. The molecule has 1 aromatic heterocycles. The van der Waals surface area contributed by atoms with Gasteiger partial charge in [0.2, 0.25) is 5.91 Å². The average molecular weight is 365 g/mol. The molecular weight excluding hydrogens is 338 g/mol. The highest BCUT2D eigenvalue weighted by Gasteiger charge is 2.11. The Kier molecular flexibility index (Phi) is 6.47. The Hall–Kier alpha value is -2.82. The number of nitrogens with zero attached hydrogens (tertiary/aromatic N) is 2. The number of nitrogens with one attached hydrogen (secondary N) is 1. The second-order valence-electron chi connectivity index (χ2n) is 6.54. The lowest BCUT2D eigenvalue weighted by atomic mass is 10.2. The first-order valence-electron chi connectivity index (χ1n) is 9.63. The zero-order valence-electron chi connectivity index (χ0n) is 16.1. The number of aryl methyl sites for hydroxylation is 1. The van der Waals surface area contributed by atoms with Crippen LogP contribution < -0.4 is 10.1 Å². The van der Waals surface area contributed by atoms with Crippen LogP contribution in [0, 0.1) is 0 Å². The molecule has 0 saturated carbocycles. The highest BCUT2D eigenvalue weighted by atomic mass is 16.5. The molecule has 3 aromatic rings. The second-order valence-corrected chi connectivity index (χ2v) is 6.54. The molecule has 0 aliphatic carbocycles. The van der Waals surface area contributed by atoms with Gasteiger partial charge in [-0.1, -0.05) is 38.1 Å². The summed E-state index contributed by atoms with van der Waals surface area (Å²) in [4.78, 5) is 16.5. The Morgan fingerprint density at radius 1 is 1.11 bits per heavy atom. The molecule has 142 valence electrons. The molecule has 5 heteroatoms. The van der Waals surface area contributed by atoms with Crippen LogP contribution in [0.5, 0.6) is 5.75 Å². The quantitative estimate of drug-likeness (QED) is 0.621. The number of para-hydroxylation sites is 2. The van der Waals surface area contributed by atoms with Gasteiger partial charge in [-0.15, -0.1) is 0 Å². The van der Waals surface area contributed by atoms with E-state index in [0.717, 1.165) is 35.4 Å². The molecule has 0 radical (unpaired) electrons. The summed E-state index contributed by atoms with van der Waals surface area (Å²) >= 11 is 0. The van der Waals surface area contributed by atoms with E-state index >= 15 is 0 Å². The Labute approximate surface area is 160 Å². The summed E-state index contributed by atoms with van der Waals surface area (Å²) in [7, 11) is 0. The van der Waals surface area contributed by atoms with Gasteiger partial charge < -0.3 is 14.6 Å². The third-order valence-corrected chi connectivity index (χ3v) is 4.57. The highest BCUT2D eigenvalue weighted by molar-refractivity contribution is 5.77. The van der Waals surface area contributed by atoms with E-state index < -0.39 is 0 Å². The van der Waals surface area contributed by atoms with E-state index in [0.29, 0.717) is 26.1 Å². The first kappa shape index (κ1) is 19.0. The lowest BCUT2D eigenvalue weighted by Crippen LogP contribution is -2.24. The molecule has 0 bridgehead atoms. The molecule has 0 unspecified atom stereocenters. The monoisotopic (exact) mass is 365 g/mol. The van der Waals surface area contributed by atoms with Crippen molar-refractivity contribution in [2.24, 2.45) is 0 Å². The number of hydrogen-bond donors (Lipinski definition) is 1. The number of fused-ring (bicyclic) bond motifs is 1. The molecule has 0 spiro atoms. The zero-order valence-corrected chi connectivity index (χ0v) is 16.1. The van der Waals surface area contributed by atoms with Gasteiger partial charge in [0.15, 0.2) is 0 Å². The van der Waals surface area contributed by atoms with Crippen LogP contribution in [-0.4, -0.2) is 22.1 Å². The molecule has 5 nitrogen and oxygen atoms in total. The fourth-order valence-corrected chi connectivity index (χ4v) is 3.08. The van der Waals surface area contributed by atoms with Crippen LogP contribution >= 0.6 is 0 Å². The number of ether oxygens (including phenoxy) is 1. The van der Waals surface area contributed by atoms with Crippen molar-refractivity contribution in [3.63, 3.8) is 0 Å². The number of benzene rings is 2.